The predicted molar refractivity (Wildman–Crippen MR) is 90.7 cm³/mol. The van der Waals surface area contributed by atoms with Gasteiger partial charge >= 0.3 is 0 Å². The molecule has 0 radical (unpaired) electrons. The number of nitrogens with zero attached hydrogens (tertiary/aromatic N) is 5. The Morgan fingerprint density at radius 2 is 1.61 bits per heavy atom. The molecule has 2 aliphatic rings. The van der Waals surface area contributed by atoms with Crippen LogP contribution in [0.4, 0.5) is 11.9 Å². The number of hydrogen-bond donors (Lipinski definition) is 1. The van der Waals surface area contributed by atoms with Crippen molar-refractivity contribution in [2.75, 3.05) is 36.1 Å². The maximum atomic E-state index is 6.27. The van der Waals surface area contributed by atoms with Crippen LogP contribution in [-0.4, -0.2) is 58.4 Å². The standard InChI is InChI=1S/C16H28N6O/c1-15(2)9-12(17)10-16(3,4)22(15)14-19-11-18-13(20-14)21-5-7-23-8-6-21/h11-12H,5-10,17H2,1-4H3. The molecule has 3 heterocycles. The van der Waals surface area contributed by atoms with Crippen molar-refractivity contribution < 1.29 is 4.74 Å². The molecule has 1 aromatic heterocycles. The van der Waals surface area contributed by atoms with Crippen LogP contribution in [0, 0.1) is 0 Å². The van der Waals surface area contributed by atoms with Gasteiger partial charge < -0.3 is 20.3 Å². The third-order valence-electron chi connectivity index (χ3n) is 4.77. The van der Waals surface area contributed by atoms with Crippen LogP contribution in [0.15, 0.2) is 6.33 Å². The Morgan fingerprint density at radius 3 is 2.22 bits per heavy atom. The molecule has 0 atom stereocenters. The second-order valence-corrected chi connectivity index (χ2v) is 7.81. The Balaban J connectivity index is 1.93. The van der Waals surface area contributed by atoms with Crippen molar-refractivity contribution in [2.45, 2.75) is 57.7 Å². The molecule has 7 heteroatoms. The van der Waals surface area contributed by atoms with Crippen molar-refractivity contribution in [3.8, 4) is 0 Å². The van der Waals surface area contributed by atoms with Crippen LogP contribution >= 0.6 is 0 Å². The lowest BCUT2D eigenvalue weighted by Crippen LogP contribution is -2.64. The molecule has 3 rings (SSSR count). The molecule has 128 valence electrons. The zero-order valence-electron chi connectivity index (χ0n) is 14.6. The minimum Gasteiger partial charge on any atom is -0.378 e. The normalized spacial score (nSPS) is 24.7. The summed E-state index contributed by atoms with van der Waals surface area (Å²) in [5, 5.41) is 0. The molecule has 0 saturated carbocycles. The average molecular weight is 320 g/mol. The van der Waals surface area contributed by atoms with Gasteiger partial charge in [-0.25, -0.2) is 9.97 Å². The SMILES string of the molecule is CC1(C)CC(N)CC(C)(C)N1c1ncnc(N2CCOCC2)n1. The third-order valence-corrected chi connectivity index (χ3v) is 4.77. The average Bonchev–Trinajstić information content (AvgIpc) is 2.45. The molecule has 0 spiro atoms. The highest BCUT2D eigenvalue weighted by atomic mass is 16.5. The van der Waals surface area contributed by atoms with Crippen molar-refractivity contribution in [3.63, 3.8) is 0 Å². The largest absolute Gasteiger partial charge is 0.378 e. The van der Waals surface area contributed by atoms with Gasteiger partial charge in [-0.1, -0.05) is 0 Å². The number of morpholine rings is 1. The molecule has 0 aromatic carbocycles. The van der Waals surface area contributed by atoms with Crippen LogP contribution in [-0.2, 0) is 4.74 Å². The van der Waals surface area contributed by atoms with E-state index in [4.69, 9.17) is 15.5 Å². The zero-order valence-corrected chi connectivity index (χ0v) is 14.6. The van der Waals surface area contributed by atoms with Gasteiger partial charge in [0.05, 0.1) is 13.2 Å². The summed E-state index contributed by atoms with van der Waals surface area (Å²) in [7, 11) is 0. The number of piperidine rings is 1. The summed E-state index contributed by atoms with van der Waals surface area (Å²) >= 11 is 0. The second kappa shape index (κ2) is 5.87. The molecule has 1 aromatic rings. The van der Waals surface area contributed by atoms with Gasteiger partial charge in [-0.15, -0.1) is 0 Å². The summed E-state index contributed by atoms with van der Waals surface area (Å²) in [5.41, 5.74) is 6.09. The van der Waals surface area contributed by atoms with Gasteiger partial charge in [-0.2, -0.15) is 4.98 Å². The second-order valence-electron chi connectivity index (χ2n) is 7.81. The number of rotatable bonds is 2. The van der Waals surface area contributed by atoms with Gasteiger partial charge in [-0.3, -0.25) is 0 Å². The van der Waals surface area contributed by atoms with Crippen LogP contribution in [0.3, 0.4) is 0 Å². The summed E-state index contributed by atoms with van der Waals surface area (Å²) in [5.74, 6) is 1.48. The number of aromatic nitrogens is 3. The molecule has 2 N–H and O–H groups in total. The van der Waals surface area contributed by atoms with E-state index in [2.05, 4.69) is 47.5 Å². The van der Waals surface area contributed by atoms with Crippen molar-refractivity contribution in [3.05, 3.63) is 6.33 Å². The van der Waals surface area contributed by atoms with Crippen molar-refractivity contribution >= 4 is 11.9 Å². The highest BCUT2D eigenvalue weighted by Gasteiger charge is 2.45. The van der Waals surface area contributed by atoms with Gasteiger partial charge in [-0.05, 0) is 40.5 Å². The monoisotopic (exact) mass is 320 g/mol. The first-order valence-corrected chi connectivity index (χ1v) is 8.37. The topological polar surface area (TPSA) is 80.4 Å². The summed E-state index contributed by atoms with van der Waals surface area (Å²) in [6, 6.07) is 0.205. The molecule has 2 aliphatic heterocycles. The molecule has 0 unspecified atom stereocenters. The van der Waals surface area contributed by atoms with E-state index in [9.17, 15) is 0 Å². The van der Waals surface area contributed by atoms with E-state index in [0.717, 1.165) is 51.0 Å². The van der Waals surface area contributed by atoms with Crippen molar-refractivity contribution in [1.82, 2.24) is 15.0 Å². The summed E-state index contributed by atoms with van der Waals surface area (Å²) < 4.78 is 5.41. The highest BCUT2D eigenvalue weighted by Crippen LogP contribution is 2.40. The van der Waals surface area contributed by atoms with Gasteiger partial charge in [0.25, 0.3) is 0 Å². The van der Waals surface area contributed by atoms with Crippen molar-refractivity contribution in [2.24, 2.45) is 5.73 Å². The predicted octanol–water partition coefficient (Wildman–Crippen LogP) is 1.19. The highest BCUT2D eigenvalue weighted by molar-refractivity contribution is 5.44. The number of ether oxygens (including phenoxy) is 1. The lowest BCUT2D eigenvalue weighted by Gasteiger charge is -2.54. The minimum absolute atomic E-state index is 0.0925. The van der Waals surface area contributed by atoms with E-state index in [1.807, 2.05) is 0 Å². The number of hydrogen-bond acceptors (Lipinski definition) is 7. The van der Waals surface area contributed by atoms with Crippen LogP contribution in [0.5, 0.6) is 0 Å². The third kappa shape index (κ3) is 3.26. The van der Waals surface area contributed by atoms with Crippen LogP contribution < -0.4 is 15.5 Å². The molecule has 0 bridgehead atoms. The lowest BCUT2D eigenvalue weighted by molar-refractivity contribution is 0.122. The maximum absolute atomic E-state index is 6.27. The van der Waals surface area contributed by atoms with Crippen LogP contribution in [0.25, 0.3) is 0 Å². The van der Waals surface area contributed by atoms with E-state index in [0.29, 0.717) is 0 Å². The molecule has 23 heavy (non-hydrogen) atoms. The van der Waals surface area contributed by atoms with E-state index >= 15 is 0 Å². The molecule has 0 amide bonds. The fraction of sp³-hybridized carbons (Fsp3) is 0.812. The molecular weight excluding hydrogens is 292 g/mol. The summed E-state index contributed by atoms with van der Waals surface area (Å²) in [6.45, 7) is 11.9. The Hall–Kier alpha value is -1.47. The minimum atomic E-state index is -0.0925. The molecule has 0 aliphatic carbocycles. The van der Waals surface area contributed by atoms with E-state index in [1.165, 1.54) is 0 Å². The first-order chi connectivity index (χ1) is 10.8. The number of nitrogens with two attached hydrogens (primary N) is 1. The van der Waals surface area contributed by atoms with Gasteiger partial charge in [0.2, 0.25) is 11.9 Å². The summed E-state index contributed by atoms with van der Waals surface area (Å²) in [6.07, 6.45) is 3.47. The lowest BCUT2D eigenvalue weighted by atomic mass is 9.77. The molecule has 2 fully saturated rings. The Bertz CT molecular complexity index is 537. The van der Waals surface area contributed by atoms with Gasteiger partial charge in [0, 0.05) is 30.2 Å². The zero-order chi connectivity index (χ0) is 16.7. The van der Waals surface area contributed by atoms with E-state index in [1.54, 1.807) is 6.33 Å². The van der Waals surface area contributed by atoms with E-state index in [-0.39, 0.29) is 17.1 Å². The van der Waals surface area contributed by atoms with Crippen LogP contribution in [0.1, 0.15) is 40.5 Å². The van der Waals surface area contributed by atoms with Gasteiger partial charge in [0.15, 0.2) is 0 Å². The Kier molecular flexibility index (Phi) is 4.18. The fourth-order valence-electron chi connectivity index (χ4n) is 4.20. The molecule has 7 nitrogen and oxygen atoms in total. The first-order valence-electron chi connectivity index (χ1n) is 8.37. The Morgan fingerprint density at radius 1 is 1.04 bits per heavy atom. The first kappa shape index (κ1) is 16.4. The fourth-order valence-corrected chi connectivity index (χ4v) is 4.20. The maximum Gasteiger partial charge on any atom is 0.231 e. The summed E-state index contributed by atoms with van der Waals surface area (Å²) in [4.78, 5) is 18.1. The number of anilines is 2. The molecule has 2 saturated heterocycles. The van der Waals surface area contributed by atoms with Crippen molar-refractivity contribution in [1.29, 1.82) is 0 Å². The van der Waals surface area contributed by atoms with Crippen LogP contribution in [0.2, 0.25) is 0 Å². The smallest absolute Gasteiger partial charge is 0.231 e. The van der Waals surface area contributed by atoms with Gasteiger partial charge in [0.1, 0.15) is 6.33 Å². The van der Waals surface area contributed by atoms with E-state index < -0.39 is 0 Å². The Labute approximate surface area is 138 Å². The quantitative estimate of drug-likeness (QED) is 0.876. The molecular formula is C16H28N6O.